The van der Waals surface area contributed by atoms with Gasteiger partial charge in [-0.3, -0.25) is 9.59 Å². The number of benzene rings is 2. The Morgan fingerprint density at radius 3 is 2.32 bits per heavy atom. The average molecular weight is 466 g/mol. The molecule has 0 saturated heterocycles. The smallest absolute Gasteiger partial charge is 0.305 e. The molecule has 0 unspecified atom stereocenters. The van der Waals surface area contributed by atoms with Crippen LogP contribution < -0.4 is 10.1 Å². The van der Waals surface area contributed by atoms with Gasteiger partial charge in [0.1, 0.15) is 6.61 Å². The number of carbonyl (C=O) groups excluding carboxylic acids is 1. The Kier molecular flexibility index (Phi) is 7.73. The van der Waals surface area contributed by atoms with Gasteiger partial charge in [0, 0.05) is 6.07 Å². The van der Waals surface area contributed by atoms with Crippen molar-refractivity contribution in [2.45, 2.75) is 46.3 Å². The summed E-state index contributed by atoms with van der Waals surface area (Å²) in [6.45, 7) is 7.67. The molecular formula is C26H31N3O5. The summed E-state index contributed by atoms with van der Waals surface area (Å²) in [6, 6.07) is 17.3. The Morgan fingerprint density at radius 2 is 1.74 bits per heavy atom. The van der Waals surface area contributed by atoms with E-state index in [1.54, 1.807) is 12.1 Å². The summed E-state index contributed by atoms with van der Waals surface area (Å²) in [5, 5.41) is 26.9. The van der Waals surface area contributed by atoms with Gasteiger partial charge in [0.2, 0.25) is 5.88 Å². The molecule has 34 heavy (non-hydrogen) atoms. The fourth-order valence-corrected chi connectivity index (χ4v) is 3.20. The number of amides is 1. The Morgan fingerprint density at radius 1 is 1.09 bits per heavy atom. The predicted molar refractivity (Wildman–Crippen MR) is 128 cm³/mol. The van der Waals surface area contributed by atoms with Crippen molar-refractivity contribution >= 4 is 11.9 Å². The third kappa shape index (κ3) is 6.45. The van der Waals surface area contributed by atoms with E-state index in [0.29, 0.717) is 17.1 Å². The molecule has 3 aromatic rings. The number of aliphatic hydroxyl groups is 1. The van der Waals surface area contributed by atoms with Gasteiger partial charge in [0.25, 0.3) is 5.91 Å². The number of rotatable bonds is 9. The molecular weight excluding hydrogens is 434 g/mol. The Balaban J connectivity index is 1.88. The van der Waals surface area contributed by atoms with Gasteiger partial charge in [-0.2, -0.15) is 5.10 Å². The van der Waals surface area contributed by atoms with Crippen molar-refractivity contribution in [2.75, 3.05) is 6.61 Å². The highest BCUT2D eigenvalue weighted by Crippen LogP contribution is 2.24. The van der Waals surface area contributed by atoms with Gasteiger partial charge in [-0.05, 0) is 30.0 Å². The number of hydrogen-bond donors (Lipinski definition) is 3. The highest BCUT2D eigenvalue weighted by Gasteiger charge is 2.25. The van der Waals surface area contributed by atoms with Crippen LogP contribution in [0.4, 0.5) is 0 Å². The largest absolute Gasteiger partial charge is 0.481 e. The van der Waals surface area contributed by atoms with Gasteiger partial charge in [-0.1, -0.05) is 68.8 Å². The van der Waals surface area contributed by atoms with Crippen LogP contribution in [-0.4, -0.2) is 44.6 Å². The maximum absolute atomic E-state index is 13.1. The minimum absolute atomic E-state index is 0.0219. The second kappa shape index (κ2) is 10.5. The summed E-state index contributed by atoms with van der Waals surface area (Å²) in [7, 11) is 0. The van der Waals surface area contributed by atoms with Gasteiger partial charge >= 0.3 is 5.97 Å². The number of nitrogens with one attached hydrogen (secondary N) is 1. The molecule has 0 radical (unpaired) electrons. The van der Waals surface area contributed by atoms with E-state index in [4.69, 9.17) is 4.74 Å². The van der Waals surface area contributed by atoms with Crippen LogP contribution >= 0.6 is 0 Å². The van der Waals surface area contributed by atoms with Crippen LogP contribution in [0.15, 0.2) is 60.7 Å². The Labute approximate surface area is 199 Å². The van der Waals surface area contributed by atoms with E-state index < -0.39 is 24.0 Å². The molecule has 0 bridgehead atoms. The van der Waals surface area contributed by atoms with Gasteiger partial charge in [-0.25, -0.2) is 4.68 Å². The fraction of sp³-hybridized carbons (Fsp3) is 0.346. The second-order valence-corrected chi connectivity index (χ2v) is 9.34. The molecule has 0 saturated carbocycles. The van der Waals surface area contributed by atoms with Crippen LogP contribution in [0, 0.1) is 12.3 Å². The first-order valence-corrected chi connectivity index (χ1v) is 11.1. The average Bonchev–Trinajstić information content (AvgIpc) is 3.21. The third-order valence-corrected chi connectivity index (χ3v) is 5.46. The number of nitrogens with zero attached hydrogens (tertiary/aromatic N) is 2. The maximum Gasteiger partial charge on any atom is 0.305 e. The number of carbonyl (C=O) groups is 2. The van der Waals surface area contributed by atoms with Crippen molar-refractivity contribution in [1.82, 2.24) is 15.1 Å². The van der Waals surface area contributed by atoms with Crippen molar-refractivity contribution < 1.29 is 24.5 Å². The monoisotopic (exact) mass is 465 g/mol. The minimum Gasteiger partial charge on any atom is -0.481 e. The second-order valence-electron chi connectivity index (χ2n) is 9.34. The standard InChI is InChI=1S/C26H31N3O5/c1-17-10-12-18(13-11-17)20(15-24(31)32)27-25(33)21-14-23(34-16-22(30)26(2,3)4)29(28-21)19-8-6-5-7-9-19/h5-14,20,22,30H,15-16H2,1-4H3,(H,27,33)(H,31,32)/t20-,22+/m0/s1. The molecule has 0 aliphatic heterocycles. The van der Waals surface area contributed by atoms with Gasteiger partial charge in [0.05, 0.1) is 24.3 Å². The molecule has 1 amide bonds. The van der Waals surface area contributed by atoms with E-state index in [1.165, 1.54) is 10.7 Å². The van der Waals surface area contributed by atoms with Crippen molar-refractivity contribution in [3.05, 3.63) is 77.5 Å². The molecule has 8 heteroatoms. The maximum atomic E-state index is 13.1. The summed E-state index contributed by atoms with van der Waals surface area (Å²) < 4.78 is 7.34. The Bertz CT molecular complexity index is 1120. The van der Waals surface area contributed by atoms with Crippen LogP contribution in [0.2, 0.25) is 0 Å². The lowest BCUT2D eigenvalue weighted by Crippen LogP contribution is -2.32. The Hall–Kier alpha value is -3.65. The fourth-order valence-electron chi connectivity index (χ4n) is 3.20. The number of carboxylic acid groups (broad SMARTS) is 1. The molecule has 1 aromatic heterocycles. The van der Waals surface area contributed by atoms with E-state index in [9.17, 15) is 19.8 Å². The first-order chi connectivity index (χ1) is 16.0. The number of aliphatic carboxylic acids is 1. The highest BCUT2D eigenvalue weighted by molar-refractivity contribution is 5.93. The van der Waals surface area contributed by atoms with Crippen molar-refractivity contribution in [1.29, 1.82) is 0 Å². The molecule has 2 atom stereocenters. The normalized spacial score (nSPS) is 13.2. The number of aryl methyl sites for hydroxylation is 1. The van der Waals surface area contributed by atoms with Crippen molar-refractivity contribution in [3.63, 3.8) is 0 Å². The van der Waals surface area contributed by atoms with Gasteiger partial charge in [0.15, 0.2) is 5.69 Å². The molecule has 3 N–H and O–H groups in total. The van der Waals surface area contributed by atoms with Crippen molar-refractivity contribution in [3.8, 4) is 11.6 Å². The molecule has 0 aliphatic rings. The highest BCUT2D eigenvalue weighted by atomic mass is 16.5. The predicted octanol–water partition coefficient (Wildman–Crippen LogP) is 3.91. The number of aliphatic hydroxyl groups excluding tert-OH is 1. The first-order valence-electron chi connectivity index (χ1n) is 11.1. The molecule has 8 nitrogen and oxygen atoms in total. The zero-order valence-electron chi connectivity index (χ0n) is 19.9. The SMILES string of the molecule is Cc1ccc([C@H](CC(=O)O)NC(=O)c2cc(OC[C@@H](O)C(C)(C)C)n(-c3ccccc3)n2)cc1. The zero-order valence-corrected chi connectivity index (χ0v) is 19.9. The first kappa shape index (κ1) is 25.0. The molecule has 1 heterocycles. The molecule has 0 aliphatic carbocycles. The summed E-state index contributed by atoms with van der Waals surface area (Å²) in [5.41, 5.74) is 2.10. The number of para-hydroxylation sites is 1. The zero-order chi connectivity index (χ0) is 24.9. The lowest BCUT2D eigenvalue weighted by Gasteiger charge is -2.25. The van der Waals surface area contributed by atoms with E-state index in [-0.39, 0.29) is 24.1 Å². The number of carboxylic acids is 1. The summed E-state index contributed by atoms with van der Waals surface area (Å²) in [4.78, 5) is 24.5. The topological polar surface area (TPSA) is 114 Å². The van der Waals surface area contributed by atoms with Crippen LogP contribution in [-0.2, 0) is 4.79 Å². The van der Waals surface area contributed by atoms with Gasteiger partial charge < -0.3 is 20.3 Å². The summed E-state index contributed by atoms with van der Waals surface area (Å²) in [5.74, 6) is -1.26. The van der Waals surface area contributed by atoms with E-state index in [0.717, 1.165) is 5.56 Å². The number of ether oxygens (including phenoxy) is 1. The van der Waals surface area contributed by atoms with E-state index in [1.807, 2.05) is 70.2 Å². The molecule has 0 spiro atoms. The molecule has 3 rings (SSSR count). The number of aromatic nitrogens is 2. The summed E-state index contributed by atoms with van der Waals surface area (Å²) >= 11 is 0. The van der Waals surface area contributed by atoms with E-state index in [2.05, 4.69) is 10.4 Å². The summed E-state index contributed by atoms with van der Waals surface area (Å²) in [6.07, 6.45) is -1.000. The number of hydrogen-bond acceptors (Lipinski definition) is 5. The quantitative estimate of drug-likeness (QED) is 0.442. The molecule has 0 fully saturated rings. The minimum atomic E-state index is -1.03. The van der Waals surface area contributed by atoms with Crippen LogP contribution in [0.1, 0.15) is 54.8 Å². The van der Waals surface area contributed by atoms with Crippen LogP contribution in [0.25, 0.3) is 5.69 Å². The van der Waals surface area contributed by atoms with Crippen LogP contribution in [0.3, 0.4) is 0 Å². The van der Waals surface area contributed by atoms with Crippen LogP contribution in [0.5, 0.6) is 5.88 Å². The van der Waals surface area contributed by atoms with E-state index >= 15 is 0 Å². The lowest BCUT2D eigenvalue weighted by molar-refractivity contribution is -0.137. The molecule has 2 aromatic carbocycles. The lowest BCUT2D eigenvalue weighted by atomic mass is 9.90. The third-order valence-electron chi connectivity index (χ3n) is 5.46. The molecule has 180 valence electrons. The van der Waals surface area contributed by atoms with Gasteiger partial charge in [-0.15, -0.1) is 0 Å². The van der Waals surface area contributed by atoms with Crippen molar-refractivity contribution in [2.24, 2.45) is 5.41 Å².